The van der Waals surface area contributed by atoms with Crippen molar-refractivity contribution in [2.45, 2.75) is 18.0 Å². The molecule has 0 spiro atoms. The maximum Gasteiger partial charge on any atom is 0.339 e. The molecule has 0 aromatic heterocycles. The van der Waals surface area contributed by atoms with Crippen LogP contribution < -0.4 is 9.80 Å². The van der Waals surface area contributed by atoms with E-state index in [0.29, 0.717) is 23.8 Å². The van der Waals surface area contributed by atoms with E-state index in [4.69, 9.17) is 11.6 Å². The van der Waals surface area contributed by atoms with E-state index >= 15 is 0 Å². The number of fused-ring (bicyclic) bond motifs is 1. The van der Waals surface area contributed by atoms with Crippen LogP contribution in [-0.4, -0.2) is 56.9 Å². The Bertz CT molecular complexity index is 1400. The highest BCUT2D eigenvalue weighted by Crippen LogP contribution is 2.44. The Morgan fingerprint density at radius 2 is 1.53 bits per heavy atom. The smallest absolute Gasteiger partial charge is 0.339 e. The van der Waals surface area contributed by atoms with Gasteiger partial charge in [0.1, 0.15) is 10.7 Å². The molecule has 5 rings (SSSR count). The van der Waals surface area contributed by atoms with E-state index in [1.165, 1.54) is 29.2 Å². The topological polar surface area (TPSA) is 64.2 Å². The maximum atomic E-state index is 14.5. The lowest BCUT2D eigenvalue weighted by molar-refractivity contribution is 0.226. The van der Waals surface area contributed by atoms with Crippen molar-refractivity contribution in [1.82, 2.24) is 9.21 Å². The lowest BCUT2D eigenvalue weighted by Crippen LogP contribution is -2.51. The molecule has 2 amide bonds. The third-order valence-electron chi connectivity index (χ3n) is 6.60. The van der Waals surface area contributed by atoms with Gasteiger partial charge in [0.2, 0.25) is 0 Å². The molecule has 1 saturated heterocycles. The van der Waals surface area contributed by atoms with Crippen molar-refractivity contribution >= 4 is 39.0 Å². The minimum atomic E-state index is -4.32. The molecule has 188 valence electrons. The van der Waals surface area contributed by atoms with Crippen molar-refractivity contribution in [3.63, 3.8) is 0 Å². The fourth-order valence-electron chi connectivity index (χ4n) is 4.62. The van der Waals surface area contributed by atoms with Crippen LogP contribution in [0.3, 0.4) is 0 Å². The predicted octanol–water partition coefficient (Wildman–Crippen LogP) is 4.56. The molecular formula is C26H26ClFN4O3S. The third kappa shape index (κ3) is 4.54. The number of carbonyl (C=O) groups is 1. The van der Waals surface area contributed by atoms with E-state index in [9.17, 15) is 17.6 Å². The molecule has 0 atom stereocenters. The van der Waals surface area contributed by atoms with Gasteiger partial charge < -0.3 is 9.80 Å². The van der Waals surface area contributed by atoms with Crippen LogP contribution in [0.15, 0.2) is 71.6 Å². The van der Waals surface area contributed by atoms with Gasteiger partial charge in [-0.25, -0.2) is 21.9 Å². The van der Waals surface area contributed by atoms with Crippen LogP contribution in [0.1, 0.15) is 11.1 Å². The van der Waals surface area contributed by atoms with Crippen molar-refractivity contribution in [1.29, 1.82) is 0 Å². The number of sulfonamides is 1. The van der Waals surface area contributed by atoms with Crippen LogP contribution in [-0.2, 0) is 23.1 Å². The number of urea groups is 1. The highest BCUT2D eigenvalue weighted by Gasteiger charge is 2.44. The van der Waals surface area contributed by atoms with Gasteiger partial charge in [0, 0.05) is 36.8 Å². The monoisotopic (exact) mass is 528 g/mol. The Hall–Kier alpha value is -3.14. The second-order valence-corrected chi connectivity index (χ2v) is 11.3. The third-order valence-corrected chi connectivity index (χ3v) is 8.61. The molecule has 0 saturated carbocycles. The minimum Gasteiger partial charge on any atom is -0.368 e. The fourth-order valence-corrected chi connectivity index (χ4v) is 6.54. The van der Waals surface area contributed by atoms with E-state index in [2.05, 4.69) is 4.90 Å². The number of halogens is 2. The zero-order valence-corrected chi connectivity index (χ0v) is 21.3. The summed E-state index contributed by atoms with van der Waals surface area (Å²) < 4.78 is 43.4. The number of benzene rings is 3. The molecule has 0 bridgehead atoms. The van der Waals surface area contributed by atoms with Crippen molar-refractivity contribution in [3.8, 4) is 0 Å². The first-order valence-electron chi connectivity index (χ1n) is 11.6. The van der Waals surface area contributed by atoms with Crippen molar-refractivity contribution in [2.75, 3.05) is 43.0 Å². The highest BCUT2D eigenvalue weighted by atomic mass is 35.5. The Labute approximate surface area is 215 Å². The van der Waals surface area contributed by atoms with Crippen molar-refractivity contribution in [3.05, 3.63) is 88.7 Å². The number of nitrogens with zero attached hydrogens (tertiary/aromatic N) is 4. The molecule has 10 heteroatoms. The number of likely N-dealkylation sites (N-methyl/N-ethyl adjacent to an activating group) is 1. The second kappa shape index (κ2) is 9.72. The number of hydrogen-bond acceptors (Lipinski definition) is 5. The minimum absolute atomic E-state index is 0.0170. The zero-order valence-electron chi connectivity index (χ0n) is 19.8. The normalized spacial score (nSPS) is 17.9. The summed E-state index contributed by atoms with van der Waals surface area (Å²) in [5.74, 6) is -0.573. The van der Waals surface area contributed by atoms with E-state index < -0.39 is 28.4 Å². The largest absolute Gasteiger partial charge is 0.368 e. The molecule has 0 N–H and O–H groups in total. The molecule has 2 heterocycles. The standard InChI is InChI=1S/C26H26ClFN4O3S/c1-29-11-13-30(14-12-29)23-15-21(27)16-24-25(23)36(34,35)32(18-20-9-5-6-10-22(20)28)26(33)31(24)17-19-7-3-2-4-8-19/h2-10,15-16H,11-14,17-18H2,1H3. The lowest BCUT2D eigenvalue weighted by atomic mass is 10.1. The molecular weight excluding hydrogens is 503 g/mol. The summed E-state index contributed by atoms with van der Waals surface area (Å²) in [4.78, 5) is 19.3. The van der Waals surface area contributed by atoms with Crippen LogP contribution in [0.25, 0.3) is 0 Å². The van der Waals surface area contributed by atoms with Gasteiger partial charge in [0.05, 0.1) is 24.5 Å². The summed E-state index contributed by atoms with van der Waals surface area (Å²) in [7, 11) is -2.31. The molecule has 2 aliphatic rings. The molecule has 0 unspecified atom stereocenters. The van der Waals surface area contributed by atoms with E-state index in [1.54, 1.807) is 12.1 Å². The summed E-state index contributed by atoms with van der Waals surface area (Å²) in [5, 5.41) is 0.339. The van der Waals surface area contributed by atoms with Gasteiger partial charge in [-0.3, -0.25) is 4.90 Å². The summed E-state index contributed by atoms with van der Waals surface area (Å²) in [6, 6.07) is 17.6. The van der Waals surface area contributed by atoms with Gasteiger partial charge in [-0.05, 0) is 30.8 Å². The number of hydrogen-bond donors (Lipinski definition) is 0. The van der Waals surface area contributed by atoms with Crippen molar-refractivity contribution < 1.29 is 17.6 Å². The average molecular weight is 529 g/mol. The Kier molecular flexibility index (Phi) is 6.63. The Morgan fingerprint density at radius 1 is 0.889 bits per heavy atom. The number of rotatable bonds is 5. The summed E-state index contributed by atoms with van der Waals surface area (Å²) in [6.45, 7) is 2.46. The SMILES string of the molecule is CN1CCN(c2cc(Cl)cc3c2S(=O)(=O)N(Cc2ccccc2F)C(=O)N3Cc2ccccc2)CC1. The Morgan fingerprint density at radius 3 is 2.22 bits per heavy atom. The number of carbonyl (C=O) groups excluding carboxylic acids is 1. The predicted molar refractivity (Wildman–Crippen MR) is 138 cm³/mol. The van der Waals surface area contributed by atoms with Crippen LogP contribution in [0.2, 0.25) is 5.02 Å². The van der Waals surface area contributed by atoms with Gasteiger partial charge in [-0.2, -0.15) is 0 Å². The molecule has 1 fully saturated rings. The summed E-state index contributed by atoms with van der Waals surface area (Å²) >= 11 is 6.49. The molecule has 0 aliphatic carbocycles. The van der Waals surface area contributed by atoms with Gasteiger partial charge in [-0.15, -0.1) is 0 Å². The van der Waals surface area contributed by atoms with Crippen LogP contribution >= 0.6 is 11.6 Å². The highest BCUT2D eigenvalue weighted by molar-refractivity contribution is 7.90. The number of piperazine rings is 1. The quantitative estimate of drug-likeness (QED) is 0.486. The molecule has 36 heavy (non-hydrogen) atoms. The maximum absolute atomic E-state index is 14.5. The van der Waals surface area contributed by atoms with E-state index in [-0.39, 0.29) is 22.7 Å². The first-order valence-corrected chi connectivity index (χ1v) is 13.5. The van der Waals surface area contributed by atoms with E-state index in [0.717, 1.165) is 23.0 Å². The van der Waals surface area contributed by atoms with E-state index in [1.807, 2.05) is 42.3 Å². The zero-order chi connectivity index (χ0) is 25.4. The number of anilines is 2. The van der Waals surface area contributed by atoms with Crippen molar-refractivity contribution in [2.24, 2.45) is 0 Å². The van der Waals surface area contributed by atoms with Gasteiger partial charge in [0.25, 0.3) is 10.0 Å². The number of amides is 2. The molecule has 2 aliphatic heterocycles. The van der Waals surface area contributed by atoms with Crippen LogP contribution in [0.5, 0.6) is 0 Å². The first-order chi connectivity index (χ1) is 17.3. The lowest BCUT2D eigenvalue weighted by Gasteiger charge is -2.40. The average Bonchev–Trinajstić information content (AvgIpc) is 2.86. The molecule has 3 aromatic carbocycles. The van der Waals surface area contributed by atoms with Crippen LogP contribution in [0.4, 0.5) is 20.6 Å². The second-order valence-electron chi connectivity index (χ2n) is 9.02. The Balaban J connectivity index is 1.67. The molecule has 3 aromatic rings. The van der Waals surface area contributed by atoms with Gasteiger partial charge in [-0.1, -0.05) is 60.1 Å². The summed E-state index contributed by atoms with van der Waals surface area (Å²) in [6.07, 6.45) is 0. The van der Waals surface area contributed by atoms with Gasteiger partial charge in [0.15, 0.2) is 0 Å². The molecule has 0 radical (unpaired) electrons. The summed E-state index contributed by atoms with van der Waals surface area (Å²) in [5.41, 5.74) is 1.63. The fraction of sp³-hybridized carbons (Fsp3) is 0.269. The van der Waals surface area contributed by atoms with Crippen LogP contribution in [0, 0.1) is 5.82 Å². The first kappa shape index (κ1) is 24.5. The van der Waals surface area contributed by atoms with Gasteiger partial charge >= 0.3 is 6.03 Å². The molecule has 7 nitrogen and oxygen atoms in total.